The largest absolute Gasteiger partial charge is 0.483 e. The van der Waals surface area contributed by atoms with Gasteiger partial charge in [-0.1, -0.05) is 32.0 Å². The Morgan fingerprint density at radius 3 is 2.71 bits per heavy atom. The smallest absolute Gasteiger partial charge is 0.262 e. The van der Waals surface area contributed by atoms with Crippen LogP contribution in [0.3, 0.4) is 0 Å². The molecule has 0 bridgehead atoms. The van der Waals surface area contributed by atoms with E-state index in [2.05, 4.69) is 43.4 Å². The van der Waals surface area contributed by atoms with Gasteiger partial charge in [0.15, 0.2) is 6.61 Å². The number of nitrogens with one attached hydrogen (secondary N) is 1. The molecular weight excluding hydrogens is 298 g/mol. The molecule has 3 nitrogen and oxygen atoms in total. The van der Waals surface area contributed by atoms with Crippen molar-refractivity contribution in [3.05, 3.63) is 58.7 Å². The monoisotopic (exact) mass is 323 g/mol. The second kappa shape index (κ2) is 7.08. The Balaban J connectivity index is 1.63. The van der Waals surface area contributed by atoms with Crippen LogP contribution in [0.25, 0.3) is 0 Å². The first-order valence-electron chi connectivity index (χ1n) is 8.68. The number of amides is 1. The number of carbonyl (C=O) groups excluding carboxylic acids is 1. The molecular formula is C21H25NO2. The predicted octanol–water partition coefficient (Wildman–Crippen LogP) is 4.62. The minimum atomic E-state index is -0.121. The Hall–Kier alpha value is -2.29. The second-order valence-electron chi connectivity index (χ2n) is 6.87. The summed E-state index contributed by atoms with van der Waals surface area (Å²) in [6.07, 6.45) is 3.47. The summed E-state index contributed by atoms with van der Waals surface area (Å²) in [7, 11) is 0. The Labute approximate surface area is 144 Å². The van der Waals surface area contributed by atoms with Crippen LogP contribution in [-0.4, -0.2) is 12.5 Å². The van der Waals surface area contributed by atoms with Crippen LogP contribution in [-0.2, 0) is 17.6 Å². The normalized spacial score (nSPS) is 13.0. The summed E-state index contributed by atoms with van der Waals surface area (Å²) >= 11 is 0. The summed E-state index contributed by atoms with van der Waals surface area (Å²) in [4.78, 5) is 12.2. The average Bonchev–Trinajstić information content (AvgIpc) is 3.00. The van der Waals surface area contributed by atoms with Crippen molar-refractivity contribution in [3.8, 4) is 5.75 Å². The first-order chi connectivity index (χ1) is 11.5. The van der Waals surface area contributed by atoms with Crippen molar-refractivity contribution < 1.29 is 9.53 Å². The number of ether oxygens (including phenoxy) is 1. The van der Waals surface area contributed by atoms with Crippen molar-refractivity contribution in [3.63, 3.8) is 0 Å². The highest BCUT2D eigenvalue weighted by Crippen LogP contribution is 2.28. The Bertz CT molecular complexity index is 749. The van der Waals surface area contributed by atoms with Crippen molar-refractivity contribution in [1.29, 1.82) is 0 Å². The van der Waals surface area contributed by atoms with E-state index in [9.17, 15) is 4.79 Å². The number of aryl methyl sites for hydroxylation is 3. The Morgan fingerprint density at radius 2 is 1.92 bits per heavy atom. The van der Waals surface area contributed by atoms with E-state index in [1.54, 1.807) is 0 Å². The predicted molar refractivity (Wildman–Crippen MR) is 97.9 cm³/mol. The number of rotatable bonds is 5. The van der Waals surface area contributed by atoms with Crippen molar-refractivity contribution in [1.82, 2.24) is 0 Å². The fourth-order valence-electron chi connectivity index (χ4n) is 3.23. The van der Waals surface area contributed by atoms with E-state index in [1.165, 1.54) is 17.5 Å². The van der Waals surface area contributed by atoms with Gasteiger partial charge in [0.1, 0.15) is 5.75 Å². The van der Waals surface area contributed by atoms with E-state index >= 15 is 0 Å². The summed E-state index contributed by atoms with van der Waals surface area (Å²) in [6.45, 7) is 6.31. The molecule has 0 aromatic heterocycles. The molecule has 3 rings (SSSR count). The van der Waals surface area contributed by atoms with E-state index in [4.69, 9.17) is 4.74 Å². The number of hydrogen-bond donors (Lipinski definition) is 1. The molecule has 24 heavy (non-hydrogen) atoms. The van der Waals surface area contributed by atoms with Gasteiger partial charge < -0.3 is 10.1 Å². The van der Waals surface area contributed by atoms with Crippen LogP contribution in [0.5, 0.6) is 5.75 Å². The quantitative estimate of drug-likeness (QED) is 0.871. The third-order valence-electron chi connectivity index (χ3n) is 4.53. The lowest BCUT2D eigenvalue weighted by atomic mass is 10.0. The third-order valence-corrected chi connectivity index (χ3v) is 4.53. The number of anilines is 1. The lowest BCUT2D eigenvalue weighted by Crippen LogP contribution is -2.20. The van der Waals surface area contributed by atoms with Gasteiger partial charge in [-0.3, -0.25) is 4.79 Å². The molecule has 1 amide bonds. The molecule has 0 atom stereocenters. The van der Waals surface area contributed by atoms with E-state index in [0.717, 1.165) is 35.4 Å². The first-order valence-corrected chi connectivity index (χ1v) is 8.68. The fraction of sp³-hybridized carbons (Fsp3) is 0.381. The maximum atomic E-state index is 12.2. The molecule has 2 aromatic carbocycles. The van der Waals surface area contributed by atoms with Crippen LogP contribution >= 0.6 is 0 Å². The van der Waals surface area contributed by atoms with Crippen LogP contribution in [0.4, 0.5) is 5.69 Å². The van der Waals surface area contributed by atoms with Crippen molar-refractivity contribution >= 4 is 11.6 Å². The van der Waals surface area contributed by atoms with E-state index in [1.807, 2.05) is 19.1 Å². The highest BCUT2D eigenvalue weighted by Gasteiger charge is 2.13. The summed E-state index contributed by atoms with van der Waals surface area (Å²) in [6, 6.07) is 12.3. The minimum absolute atomic E-state index is 0.0280. The second-order valence-corrected chi connectivity index (χ2v) is 6.87. The summed E-state index contributed by atoms with van der Waals surface area (Å²) < 4.78 is 5.79. The van der Waals surface area contributed by atoms with Gasteiger partial charge in [-0.05, 0) is 72.6 Å². The standard InChI is InChI=1S/C21H25NO2/c1-14(2)19-10-7-15(3)11-20(19)24-13-21(23)22-18-9-8-16-5-4-6-17(16)12-18/h7-12,14H,4-6,13H2,1-3H3,(H,22,23). The number of carbonyl (C=O) groups is 1. The summed E-state index contributed by atoms with van der Waals surface area (Å²) in [5.41, 5.74) is 5.89. The Morgan fingerprint density at radius 1 is 1.12 bits per heavy atom. The maximum Gasteiger partial charge on any atom is 0.262 e. The molecule has 0 radical (unpaired) electrons. The van der Waals surface area contributed by atoms with Gasteiger partial charge in [-0.25, -0.2) is 0 Å². The van der Waals surface area contributed by atoms with Crippen LogP contribution < -0.4 is 10.1 Å². The molecule has 1 N–H and O–H groups in total. The Kier molecular flexibility index (Phi) is 4.89. The maximum absolute atomic E-state index is 12.2. The highest BCUT2D eigenvalue weighted by molar-refractivity contribution is 5.92. The number of hydrogen-bond acceptors (Lipinski definition) is 2. The van der Waals surface area contributed by atoms with Gasteiger partial charge in [0.2, 0.25) is 0 Å². The van der Waals surface area contributed by atoms with Crippen LogP contribution in [0.2, 0.25) is 0 Å². The summed E-state index contributed by atoms with van der Waals surface area (Å²) in [5.74, 6) is 1.04. The molecule has 0 aliphatic heterocycles. The van der Waals surface area contributed by atoms with Crippen molar-refractivity contribution in [2.45, 2.75) is 46.0 Å². The molecule has 126 valence electrons. The molecule has 0 saturated heterocycles. The van der Waals surface area contributed by atoms with Crippen molar-refractivity contribution in [2.24, 2.45) is 0 Å². The minimum Gasteiger partial charge on any atom is -0.483 e. The van der Waals surface area contributed by atoms with Crippen LogP contribution in [0, 0.1) is 6.92 Å². The van der Waals surface area contributed by atoms with Gasteiger partial charge in [-0.15, -0.1) is 0 Å². The first kappa shape index (κ1) is 16.6. The number of fused-ring (bicyclic) bond motifs is 1. The van der Waals surface area contributed by atoms with E-state index in [0.29, 0.717) is 5.92 Å². The molecule has 0 fully saturated rings. The molecule has 1 aliphatic carbocycles. The zero-order chi connectivity index (χ0) is 17.1. The molecule has 0 unspecified atom stereocenters. The molecule has 3 heteroatoms. The fourth-order valence-corrected chi connectivity index (χ4v) is 3.23. The van der Waals surface area contributed by atoms with Gasteiger partial charge in [0.05, 0.1) is 0 Å². The topological polar surface area (TPSA) is 38.3 Å². The highest BCUT2D eigenvalue weighted by atomic mass is 16.5. The molecule has 2 aromatic rings. The lowest BCUT2D eigenvalue weighted by Gasteiger charge is -2.15. The molecule has 0 saturated carbocycles. The van der Waals surface area contributed by atoms with Crippen LogP contribution in [0.1, 0.15) is 48.4 Å². The lowest BCUT2D eigenvalue weighted by molar-refractivity contribution is -0.118. The van der Waals surface area contributed by atoms with Crippen LogP contribution in [0.15, 0.2) is 36.4 Å². The summed E-state index contributed by atoms with van der Waals surface area (Å²) in [5, 5.41) is 2.94. The third kappa shape index (κ3) is 3.78. The van der Waals surface area contributed by atoms with Gasteiger partial charge in [0.25, 0.3) is 5.91 Å². The average molecular weight is 323 g/mol. The van der Waals surface area contributed by atoms with Gasteiger partial charge in [0, 0.05) is 5.69 Å². The molecule has 0 heterocycles. The zero-order valence-corrected chi connectivity index (χ0v) is 14.7. The van der Waals surface area contributed by atoms with Gasteiger partial charge in [-0.2, -0.15) is 0 Å². The van der Waals surface area contributed by atoms with E-state index < -0.39 is 0 Å². The van der Waals surface area contributed by atoms with Crippen molar-refractivity contribution in [2.75, 3.05) is 11.9 Å². The zero-order valence-electron chi connectivity index (χ0n) is 14.7. The van der Waals surface area contributed by atoms with E-state index in [-0.39, 0.29) is 12.5 Å². The molecule has 1 aliphatic rings. The number of benzene rings is 2. The molecule has 0 spiro atoms. The van der Waals surface area contributed by atoms with Gasteiger partial charge >= 0.3 is 0 Å². The SMILES string of the molecule is Cc1ccc(C(C)C)c(OCC(=O)Nc2ccc3c(c2)CCC3)c1.